The minimum Gasteiger partial charge on any atom is -0.384 e. The number of anilines is 1. The third-order valence-electron chi connectivity index (χ3n) is 5.03. The van der Waals surface area contributed by atoms with Crippen LogP contribution in [0.1, 0.15) is 28.9 Å². The molecule has 1 aliphatic rings. The Balaban J connectivity index is 1.49. The second-order valence-corrected chi connectivity index (χ2v) is 6.98. The number of rotatable bonds is 7. The summed E-state index contributed by atoms with van der Waals surface area (Å²) in [6, 6.07) is 17.5. The van der Waals surface area contributed by atoms with Crippen LogP contribution in [0.5, 0.6) is 0 Å². The molecule has 1 unspecified atom stereocenters. The number of methoxy groups -OCH3 is 1. The first-order valence-corrected chi connectivity index (χ1v) is 9.76. The van der Waals surface area contributed by atoms with Gasteiger partial charge >= 0.3 is 6.03 Å². The second-order valence-electron chi connectivity index (χ2n) is 6.98. The smallest absolute Gasteiger partial charge is 0.322 e. The van der Waals surface area contributed by atoms with Crippen molar-refractivity contribution < 1.29 is 14.1 Å². The Bertz CT molecular complexity index is 957. The zero-order valence-electron chi connectivity index (χ0n) is 16.4. The van der Waals surface area contributed by atoms with Gasteiger partial charge < -0.3 is 14.6 Å². The van der Waals surface area contributed by atoms with Crippen LogP contribution in [0.25, 0.3) is 0 Å². The molecule has 1 aromatic heterocycles. The van der Waals surface area contributed by atoms with Crippen molar-refractivity contribution in [2.24, 2.45) is 0 Å². The Morgan fingerprint density at radius 1 is 1.17 bits per heavy atom. The standard InChI is InChI=1S/C22H24N4O3/c1-28-14-12-20-24-21(29-25-20)19-15-17-9-5-6-10-18(17)26(19)22(27)23-13-11-16-7-3-2-4-8-16/h2-10,19H,11-15H2,1H3,(H,23,27). The first kappa shape index (κ1) is 19.1. The fraction of sp³-hybridized carbons (Fsp3) is 0.318. The maximum absolute atomic E-state index is 13.1. The largest absolute Gasteiger partial charge is 0.384 e. The van der Waals surface area contributed by atoms with E-state index in [0.29, 0.717) is 37.7 Å². The Hall–Kier alpha value is -3.19. The van der Waals surface area contributed by atoms with Crippen LogP contribution >= 0.6 is 0 Å². The van der Waals surface area contributed by atoms with Gasteiger partial charge in [0.25, 0.3) is 0 Å². The summed E-state index contributed by atoms with van der Waals surface area (Å²) >= 11 is 0. The highest BCUT2D eigenvalue weighted by Crippen LogP contribution is 2.39. The molecule has 4 rings (SSSR count). The summed E-state index contributed by atoms with van der Waals surface area (Å²) in [5.74, 6) is 1.03. The normalized spacial score (nSPS) is 15.3. The maximum atomic E-state index is 13.1. The first-order valence-electron chi connectivity index (χ1n) is 9.76. The topological polar surface area (TPSA) is 80.5 Å². The molecule has 2 heterocycles. The van der Waals surface area contributed by atoms with Crippen LogP contribution in [0.3, 0.4) is 0 Å². The lowest BCUT2D eigenvalue weighted by Crippen LogP contribution is -2.41. The highest BCUT2D eigenvalue weighted by atomic mass is 16.5. The molecule has 0 spiro atoms. The zero-order valence-corrected chi connectivity index (χ0v) is 16.4. The molecule has 0 radical (unpaired) electrons. The Kier molecular flexibility index (Phi) is 5.86. The van der Waals surface area contributed by atoms with Crippen molar-refractivity contribution in [1.29, 1.82) is 0 Å². The molecule has 7 nitrogen and oxygen atoms in total. The summed E-state index contributed by atoms with van der Waals surface area (Å²) in [5.41, 5.74) is 3.16. The van der Waals surface area contributed by atoms with Gasteiger partial charge in [-0.1, -0.05) is 53.7 Å². The van der Waals surface area contributed by atoms with E-state index < -0.39 is 0 Å². The lowest BCUT2D eigenvalue weighted by atomic mass is 10.1. The lowest BCUT2D eigenvalue weighted by Gasteiger charge is -2.23. The summed E-state index contributed by atoms with van der Waals surface area (Å²) in [5, 5.41) is 7.06. The highest BCUT2D eigenvalue weighted by Gasteiger charge is 2.38. The molecule has 0 saturated carbocycles. The second kappa shape index (κ2) is 8.87. The fourth-order valence-electron chi connectivity index (χ4n) is 3.58. The van der Waals surface area contributed by atoms with Crippen molar-refractivity contribution in [2.45, 2.75) is 25.3 Å². The minimum absolute atomic E-state index is 0.160. The number of hydrogen-bond donors (Lipinski definition) is 1. The number of ether oxygens (including phenoxy) is 1. The maximum Gasteiger partial charge on any atom is 0.322 e. The average molecular weight is 392 g/mol. The minimum atomic E-state index is -0.312. The van der Waals surface area contributed by atoms with E-state index in [1.807, 2.05) is 42.5 Å². The number of amides is 2. The lowest BCUT2D eigenvalue weighted by molar-refractivity contribution is 0.199. The van der Waals surface area contributed by atoms with E-state index in [4.69, 9.17) is 9.26 Å². The van der Waals surface area contributed by atoms with E-state index in [9.17, 15) is 4.79 Å². The van der Waals surface area contributed by atoms with Crippen LogP contribution in [0, 0.1) is 0 Å². The van der Waals surface area contributed by atoms with E-state index in [-0.39, 0.29) is 12.1 Å². The number of para-hydroxylation sites is 1. The van der Waals surface area contributed by atoms with E-state index in [0.717, 1.165) is 17.7 Å². The van der Waals surface area contributed by atoms with Crippen LogP contribution < -0.4 is 10.2 Å². The Morgan fingerprint density at radius 3 is 2.79 bits per heavy atom. The summed E-state index contributed by atoms with van der Waals surface area (Å²) in [4.78, 5) is 19.3. The number of urea groups is 1. The molecule has 0 fully saturated rings. The van der Waals surface area contributed by atoms with Gasteiger partial charge in [-0.15, -0.1) is 0 Å². The van der Waals surface area contributed by atoms with Crippen molar-refractivity contribution in [2.75, 3.05) is 25.2 Å². The van der Waals surface area contributed by atoms with Crippen molar-refractivity contribution >= 4 is 11.7 Å². The molecule has 2 amide bonds. The molecule has 7 heteroatoms. The summed E-state index contributed by atoms with van der Waals surface area (Å²) in [7, 11) is 1.64. The monoisotopic (exact) mass is 392 g/mol. The van der Waals surface area contributed by atoms with Gasteiger partial charge in [-0.05, 0) is 23.6 Å². The molecule has 0 saturated heterocycles. The van der Waals surface area contributed by atoms with Crippen molar-refractivity contribution in [3.8, 4) is 0 Å². The number of benzene rings is 2. The molecule has 150 valence electrons. The third-order valence-corrected chi connectivity index (χ3v) is 5.03. The third kappa shape index (κ3) is 4.30. The Labute approximate surface area is 169 Å². The van der Waals surface area contributed by atoms with Crippen molar-refractivity contribution in [1.82, 2.24) is 15.5 Å². The van der Waals surface area contributed by atoms with Gasteiger partial charge in [-0.3, -0.25) is 4.90 Å². The average Bonchev–Trinajstić information content (AvgIpc) is 3.37. The van der Waals surface area contributed by atoms with Gasteiger partial charge in [0.15, 0.2) is 5.82 Å². The van der Waals surface area contributed by atoms with Crippen LogP contribution in [0.15, 0.2) is 59.1 Å². The molecule has 2 aromatic carbocycles. The number of aromatic nitrogens is 2. The molecule has 0 aliphatic carbocycles. The predicted molar refractivity (Wildman–Crippen MR) is 109 cm³/mol. The van der Waals surface area contributed by atoms with E-state index in [1.54, 1.807) is 12.0 Å². The Morgan fingerprint density at radius 2 is 1.97 bits per heavy atom. The number of hydrogen-bond acceptors (Lipinski definition) is 5. The molecule has 1 N–H and O–H groups in total. The predicted octanol–water partition coefficient (Wildman–Crippen LogP) is 3.31. The van der Waals surface area contributed by atoms with Gasteiger partial charge in [0.2, 0.25) is 5.89 Å². The van der Waals surface area contributed by atoms with Crippen LogP contribution in [-0.2, 0) is 24.0 Å². The molecule has 0 bridgehead atoms. The van der Waals surface area contributed by atoms with Gasteiger partial charge in [0.05, 0.1) is 6.61 Å². The highest BCUT2D eigenvalue weighted by molar-refractivity contribution is 5.95. The quantitative estimate of drug-likeness (QED) is 0.667. The van der Waals surface area contributed by atoms with E-state index in [2.05, 4.69) is 27.6 Å². The molecule has 1 atom stereocenters. The molecular weight excluding hydrogens is 368 g/mol. The zero-order chi connectivity index (χ0) is 20.1. The van der Waals surface area contributed by atoms with Crippen LogP contribution in [0.4, 0.5) is 10.5 Å². The molecule has 3 aromatic rings. The van der Waals surface area contributed by atoms with E-state index >= 15 is 0 Å². The number of nitrogens with one attached hydrogen (secondary N) is 1. The first-order chi connectivity index (χ1) is 14.3. The number of nitrogens with zero attached hydrogens (tertiary/aromatic N) is 3. The fourth-order valence-corrected chi connectivity index (χ4v) is 3.58. The summed E-state index contributed by atoms with van der Waals surface area (Å²) in [6.07, 6.45) is 1.99. The van der Waals surface area contributed by atoms with Gasteiger partial charge in [0.1, 0.15) is 6.04 Å². The SMILES string of the molecule is COCCc1noc(C2Cc3ccccc3N2C(=O)NCCc2ccccc2)n1. The summed E-state index contributed by atoms with van der Waals surface area (Å²) < 4.78 is 10.6. The van der Waals surface area contributed by atoms with Crippen molar-refractivity contribution in [3.63, 3.8) is 0 Å². The molecule has 29 heavy (non-hydrogen) atoms. The molecule has 1 aliphatic heterocycles. The van der Waals surface area contributed by atoms with Gasteiger partial charge in [-0.25, -0.2) is 4.79 Å². The van der Waals surface area contributed by atoms with Crippen LogP contribution in [-0.4, -0.2) is 36.4 Å². The van der Waals surface area contributed by atoms with Crippen molar-refractivity contribution in [3.05, 3.63) is 77.4 Å². The van der Waals surface area contributed by atoms with E-state index in [1.165, 1.54) is 5.56 Å². The van der Waals surface area contributed by atoms with Crippen LogP contribution in [0.2, 0.25) is 0 Å². The summed E-state index contributed by atoms with van der Waals surface area (Å²) in [6.45, 7) is 1.07. The number of fused-ring (bicyclic) bond motifs is 1. The van der Waals surface area contributed by atoms with Gasteiger partial charge in [-0.2, -0.15) is 4.98 Å². The number of carbonyl (C=O) groups excluding carboxylic acids is 1. The number of carbonyl (C=O) groups is 1. The molecular formula is C22H24N4O3. The van der Waals surface area contributed by atoms with Gasteiger partial charge in [0, 0.05) is 32.2 Å².